The monoisotopic (exact) mass is 494 g/mol. The molecule has 0 spiro atoms. The van der Waals surface area contributed by atoms with Gasteiger partial charge in [0.05, 0.1) is 18.6 Å². The number of anilines is 1. The number of alkyl halides is 3. The van der Waals surface area contributed by atoms with Crippen molar-refractivity contribution in [3.63, 3.8) is 0 Å². The highest BCUT2D eigenvalue weighted by molar-refractivity contribution is 7.89. The third-order valence-corrected chi connectivity index (χ3v) is 7.16. The second kappa shape index (κ2) is 9.24. The second-order valence-electron chi connectivity index (χ2n) is 7.18. The molecule has 0 radical (unpaired) electrons. The SMILES string of the molecule is COc1ccc(Cl)cc1S(=O)(=O)N1CCC[C@@H](C(=O)Nc2ccc(F)c(C(F)(F)F)c2)C1. The summed E-state index contributed by atoms with van der Waals surface area (Å²) in [6.07, 6.45) is -4.23. The maximum atomic E-state index is 13.5. The van der Waals surface area contributed by atoms with Gasteiger partial charge in [-0.1, -0.05) is 11.6 Å². The standard InChI is InChI=1S/C20H19ClF4N2O4S/c1-31-17-7-4-13(21)9-18(17)32(29,30)27-8-2-3-12(11-27)19(28)26-14-5-6-16(22)15(10-14)20(23,24)25/h4-7,9-10,12H,2-3,8,11H2,1H3,(H,26,28)/t12-/m1/s1. The first-order valence-corrected chi connectivity index (χ1v) is 11.3. The van der Waals surface area contributed by atoms with E-state index in [0.29, 0.717) is 25.0 Å². The normalized spacial score (nSPS) is 17.8. The molecule has 2 aromatic rings. The van der Waals surface area contributed by atoms with E-state index in [0.717, 1.165) is 10.4 Å². The lowest BCUT2D eigenvalue weighted by molar-refractivity contribution is -0.140. The Hall–Kier alpha value is -2.37. The third kappa shape index (κ3) is 5.16. The molecule has 1 N–H and O–H groups in total. The number of nitrogens with one attached hydrogen (secondary N) is 1. The Morgan fingerprint density at radius 3 is 2.59 bits per heavy atom. The fraction of sp³-hybridized carbons (Fsp3) is 0.350. The summed E-state index contributed by atoms with van der Waals surface area (Å²) in [4.78, 5) is 12.5. The van der Waals surface area contributed by atoms with Crippen molar-refractivity contribution in [3.8, 4) is 5.75 Å². The molecule has 12 heteroatoms. The molecule has 1 amide bonds. The van der Waals surface area contributed by atoms with Crippen molar-refractivity contribution >= 4 is 33.2 Å². The summed E-state index contributed by atoms with van der Waals surface area (Å²) in [5.74, 6) is -2.85. The molecule has 174 valence electrons. The number of hydrogen-bond donors (Lipinski definition) is 1. The number of benzene rings is 2. The minimum absolute atomic E-state index is 0.0898. The second-order valence-corrected chi connectivity index (χ2v) is 9.52. The van der Waals surface area contributed by atoms with Crippen LogP contribution in [0, 0.1) is 11.7 Å². The van der Waals surface area contributed by atoms with E-state index in [-0.39, 0.29) is 34.4 Å². The van der Waals surface area contributed by atoms with Crippen molar-refractivity contribution < 1.29 is 35.5 Å². The lowest BCUT2D eigenvalue weighted by Gasteiger charge is -2.31. The first-order chi connectivity index (χ1) is 14.9. The Morgan fingerprint density at radius 1 is 1.22 bits per heavy atom. The van der Waals surface area contributed by atoms with Gasteiger partial charge in [0.25, 0.3) is 0 Å². The highest BCUT2D eigenvalue weighted by Gasteiger charge is 2.36. The number of hydrogen-bond acceptors (Lipinski definition) is 4. The van der Waals surface area contributed by atoms with Crippen molar-refractivity contribution in [2.24, 2.45) is 5.92 Å². The molecule has 2 aromatic carbocycles. The smallest absolute Gasteiger partial charge is 0.419 e. The Kier molecular flexibility index (Phi) is 7.01. The fourth-order valence-corrected chi connectivity index (χ4v) is 5.37. The van der Waals surface area contributed by atoms with E-state index in [4.69, 9.17) is 16.3 Å². The zero-order chi connectivity index (χ0) is 23.7. The van der Waals surface area contributed by atoms with Crippen molar-refractivity contribution in [1.29, 1.82) is 0 Å². The van der Waals surface area contributed by atoms with Crippen LogP contribution in [0.5, 0.6) is 5.75 Å². The molecule has 1 saturated heterocycles. The van der Waals surface area contributed by atoms with Crippen LogP contribution in [0.4, 0.5) is 23.2 Å². The van der Waals surface area contributed by atoms with Crippen LogP contribution in [0.15, 0.2) is 41.3 Å². The minimum atomic E-state index is -4.92. The van der Waals surface area contributed by atoms with Gasteiger partial charge in [0.15, 0.2) is 0 Å². The van der Waals surface area contributed by atoms with Gasteiger partial charge >= 0.3 is 6.18 Å². The van der Waals surface area contributed by atoms with Gasteiger partial charge in [-0.3, -0.25) is 4.79 Å². The number of piperidine rings is 1. The van der Waals surface area contributed by atoms with E-state index < -0.39 is 39.4 Å². The summed E-state index contributed by atoms with van der Waals surface area (Å²) in [7, 11) is -2.74. The van der Waals surface area contributed by atoms with Gasteiger partial charge in [-0.15, -0.1) is 0 Å². The van der Waals surface area contributed by atoms with E-state index in [1.165, 1.54) is 25.3 Å². The zero-order valence-corrected chi connectivity index (χ0v) is 18.3. The maximum absolute atomic E-state index is 13.5. The first-order valence-electron chi connectivity index (χ1n) is 9.45. The molecule has 0 saturated carbocycles. The van der Waals surface area contributed by atoms with Gasteiger partial charge < -0.3 is 10.1 Å². The Morgan fingerprint density at radius 2 is 1.94 bits per heavy atom. The van der Waals surface area contributed by atoms with Crippen molar-refractivity contribution in [3.05, 3.63) is 52.8 Å². The van der Waals surface area contributed by atoms with E-state index in [1.54, 1.807) is 0 Å². The van der Waals surface area contributed by atoms with Crippen LogP contribution >= 0.6 is 11.6 Å². The molecule has 0 aliphatic carbocycles. The predicted molar refractivity (Wildman–Crippen MR) is 110 cm³/mol. The number of halogens is 5. The largest absolute Gasteiger partial charge is 0.495 e. The van der Waals surface area contributed by atoms with E-state index in [9.17, 15) is 30.8 Å². The molecule has 1 aliphatic heterocycles. The molecule has 1 atom stereocenters. The zero-order valence-electron chi connectivity index (χ0n) is 16.7. The van der Waals surface area contributed by atoms with Crippen LogP contribution in [-0.2, 0) is 21.0 Å². The average Bonchev–Trinajstić information content (AvgIpc) is 2.74. The van der Waals surface area contributed by atoms with Crippen molar-refractivity contribution in [2.75, 3.05) is 25.5 Å². The average molecular weight is 495 g/mol. The van der Waals surface area contributed by atoms with Crippen LogP contribution in [0.1, 0.15) is 18.4 Å². The Labute approximate surface area is 187 Å². The van der Waals surface area contributed by atoms with Gasteiger partial charge in [-0.25, -0.2) is 12.8 Å². The number of methoxy groups -OCH3 is 1. The van der Waals surface area contributed by atoms with E-state index in [2.05, 4.69) is 5.32 Å². The van der Waals surface area contributed by atoms with Gasteiger partial charge in [0.2, 0.25) is 15.9 Å². The summed E-state index contributed by atoms with van der Waals surface area (Å²) in [5, 5.41) is 2.51. The fourth-order valence-electron chi connectivity index (χ4n) is 3.43. The van der Waals surface area contributed by atoms with Crippen molar-refractivity contribution in [1.82, 2.24) is 4.31 Å². The highest BCUT2D eigenvalue weighted by atomic mass is 35.5. The summed E-state index contributed by atoms with van der Waals surface area (Å²) in [6, 6.07) is 6.26. The Bertz CT molecular complexity index is 1130. The van der Waals surface area contributed by atoms with Crippen LogP contribution < -0.4 is 10.1 Å². The number of carbonyl (C=O) groups excluding carboxylic acids is 1. The molecule has 1 fully saturated rings. The van der Waals surface area contributed by atoms with Gasteiger partial charge in [-0.2, -0.15) is 17.5 Å². The number of ether oxygens (including phenoxy) is 1. The lowest BCUT2D eigenvalue weighted by atomic mass is 9.98. The summed E-state index contributed by atoms with van der Waals surface area (Å²) in [5.41, 5.74) is -1.74. The molecule has 0 bridgehead atoms. The molecule has 6 nitrogen and oxygen atoms in total. The Balaban J connectivity index is 1.79. The summed E-state index contributed by atoms with van der Waals surface area (Å²) >= 11 is 5.93. The van der Waals surface area contributed by atoms with Crippen molar-refractivity contribution in [2.45, 2.75) is 23.9 Å². The predicted octanol–water partition coefficient (Wildman–Crippen LogP) is 4.55. The van der Waals surface area contributed by atoms with Crippen LogP contribution in [0.3, 0.4) is 0 Å². The first kappa shape index (κ1) is 24.3. The molecular weight excluding hydrogens is 476 g/mol. The molecular formula is C20H19ClF4N2O4S. The van der Waals surface area contributed by atoms with Gasteiger partial charge in [-0.05, 0) is 49.2 Å². The number of rotatable bonds is 5. The number of carbonyl (C=O) groups is 1. The van der Waals surface area contributed by atoms with Crippen LogP contribution in [0.25, 0.3) is 0 Å². The molecule has 3 rings (SSSR count). The quantitative estimate of drug-likeness (QED) is 0.619. The van der Waals surface area contributed by atoms with E-state index >= 15 is 0 Å². The van der Waals surface area contributed by atoms with Gasteiger partial charge in [0.1, 0.15) is 16.5 Å². The molecule has 1 heterocycles. The van der Waals surface area contributed by atoms with E-state index in [1.807, 2.05) is 0 Å². The number of sulfonamides is 1. The summed E-state index contributed by atoms with van der Waals surface area (Å²) in [6.45, 7) is -0.0340. The molecule has 0 unspecified atom stereocenters. The molecule has 1 aliphatic rings. The number of amides is 1. The third-order valence-electron chi connectivity index (χ3n) is 5.04. The summed E-state index contributed by atoms with van der Waals surface area (Å²) < 4.78 is 84.7. The molecule has 32 heavy (non-hydrogen) atoms. The minimum Gasteiger partial charge on any atom is -0.495 e. The van der Waals surface area contributed by atoms with Crippen LogP contribution in [-0.4, -0.2) is 38.8 Å². The highest BCUT2D eigenvalue weighted by Crippen LogP contribution is 2.34. The topological polar surface area (TPSA) is 75.7 Å². The molecule has 0 aromatic heterocycles. The van der Waals surface area contributed by atoms with Gasteiger partial charge in [0, 0.05) is 23.8 Å². The maximum Gasteiger partial charge on any atom is 0.419 e. The van der Waals surface area contributed by atoms with Crippen LogP contribution in [0.2, 0.25) is 5.02 Å². The number of nitrogens with zero attached hydrogens (tertiary/aromatic N) is 1. The lowest BCUT2D eigenvalue weighted by Crippen LogP contribution is -2.43.